The zero-order valence-electron chi connectivity index (χ0n) is 10.5. The number of halogens is 1. The summed E-state index contributed by atoms with van der Waals surface area (Å²) >= 11 is 0. The molecule has 1 aromatic carbocycles. The summed E-state index contributed by atoms with van der Waals surface area (Å²) in [7, 11) is 1.89. The Kier molecular flexibility index (Phi) is 4.04. The van der Waals surface area contributed by atoms with Gasteiger partial charge in [0.2, 0.25) is 5.89 Å². The first-order chi connectivity index (χ1) is 8.72. The summed E-state index contributed by atoms with van der Waals surface area (Å²) in [4.78, 5) is 0. The average Bonchev–Trinajstić information content (AvgIpc) is 2.82. The third-order valence-corrected chi connectivity index (χ3v) is 2.71. The fourth-order valence-corrected chi connectivity index (χ4v) is 1.69. The van der Waals surface area contributed by atoms with E-state index >= 15 is 0 Å². The van der Waals surface area contributed by atoms with E-state index in [4.69, 9.17) is 4.42 Å². The van der Waals surface area contributed by atoms with Crippen LogP contribution >= 0.6 is 0 Å². The van der Waals surface area contributed by atoms with Gasteiger partial charge in [0.15, 0.2) is 0 Å². The standard InChI is InChI=1S/C13H16FN3O/c1-9-5-3-6-10(12(9)14)13-17-16-11(18-13)7-4-8-15-2/h3,5-6,15H,4,7-8H2,1-2H3. The molecule has 1 heterocycles. The van der Waals surface area contributed by atoms with Gasteiger partial charge in [0.05, 0.1) is 5.56 Å². The number of rotatable bonds is 5. The van der Waals surface area contributed by atoms with Crippen LogP contribution in [-0.4, -0.2) is 23.8 Å². The number of nitrogens with one attached hydrogen (secondary N) is 1. The predicted octanol–water partition coefficient (Wildman–Crippen LogP) is 2.34. The van der Waals surface area contributed by atoms with Gasteiger partial charge in [-0.15, -0.1) is 10.2 Å². The summed E-state index contributed by atoms with van der Waals surface area (Å²) in [5.74, 6) is 0.486. The van der Waals surface area contributed by atoms with Crippen molar-refractivity contribution >= 4 is 0 Å². The molecule has 1 N–H and O–H groups in total. The Morgan fingerprint density at radius 3 is 2.94 bits per heavy atom. The number of aryl methyl sites for hydroxylation is 2. The van der Waals surface area contributed by atoms with E-state index in [2.05, 4.69) is 15.5 Å². The van der Waals surface area contributed by atoms with E-state index in [0.717, 1.165) is 13.0 Å². The quantitative estimate of drug-likeness (QED) is 0.826. The lowest BCUT2D eigenvalue weighted by Gasteiger charge is -2.00. The molecule has 0 atom stereocenters. The van der Waals surface area contributed by atoms with Crippen molar-refractivity contribution < 1.29 is 8.81 Å². The topological polar surface area (TPSA) is 51.0 Å². The SMILES string of the molecule is CNCCCc1nnc(-c2cccc(C)c2F)o1. The first-order valence-corrected chi connectivity index (χ1v) is 5.95. The minimum atomic E-state index is -0.303. The minimum Gasteiger partial charge on any atom is -0.421 e. The molecule has 2 aromatic rings. The molecular formula is C13H16FN3O. The van der Waals surface area contributed by atoms with Gasteiger partial charge < -0.3 is 9.73 Å². The zero-order chi connectivity index (χ0) is 13.0. The van der Waals surface area contributed by atoms with Crippen molar-refractivity contribution in [3.05, 3.63) is 35.5 Å². The van der Waals surface area contributed by atoms with E-state index in [1.165, 1.54) is 0 Å². The third kappa shape index (κ3) is 2.73. The maximum absolute atomic E-state index is 13.9. The van der Waals surface area contributed by atoms with Crippen LogP contribution in [0.3, 0.4) is 0 Å². The van der Waals surface area contributed by atoms with Gasteiger partial charge in [-0.2, -0.15) is 0 Å². The Balaban J connectivity index is 2.16. The Hall–Kier alpha value is -1.75. The molecule has 0 saturated heterocycles. The van der Waals surface area contributed by atoms with Crippen LogP contribution in [0.25, 0.3) is 11.5 Å². The Labute approximate surface area is 105 Å². The van der Waals surface area contributed by atoms with Crippen LogP contribution in [0.1, 0.15) is 17.9 Å². The summed E-state index contributed by atoms with van der Waals surface area (Å²) in [6.45, 7) is 2.60. The first kappa shape index (κ1) is 12.7. The first-order valence-electron chi connectivity index (χ1n) is 5.95. The highest BCUT2D eigenvalue weighted by molar-refractivity contribution is 5.54. The van der Waals surface area contributed by atoms with Gasteiger partial charge in [0.25, 0.3) is 5.89 Å². The molecule has 0 fully saturated rings. The van der Waals surface area contributed by atoms with E-state index < -0.39 is 0 Å². The molecule has 5 heteroatoms. The second-order valence-electron chi connectivity index (χ2n) is 4.14. The van der Waals surface area contributed by atoms with Crippen molar-refractivity contribution in [3.63, 3.8) is 0 Å². The average molecular weight is 249 g/mol. The van der Waals surface area contributed by atoms with Crippen molar-refractivity contribution in [1.29, 1.82) is 0 Å². The van der Waals surface area contributed by atoms with Crippen molar-refractivity contribution in [2.24, 2.45) is 0 Å². The lowest BCUT2D eigenvalue weighted by molar-refractivity contribution is 0.491. The van der Waals surface area contributed by atoms with Gasteiger partial charge in [0, 0.05) is 6.42 Å². The molecule has 0 amide bonds. The minimum absolute atomic E-state index is 0.246. The smallest absolute Gasteiger partial charge is 0.250 e. The van der Waals surface area contributed by atoms with E-state index in [1.54, 1.807) is 25.1 Å². The maximum Gasteiger partial charge on any atom is 0.250 e. The molecule has 2 rings (SSSR count). The van der Waals surface area contributed by atoms with Crippen LogP contribution in [0.15, 0.2) is 22.6 Å². The van der Waals surface area contributed by atoms with Crippen LogP contribution < -0.4 is 5.32 Å². The Bertz CT molecular complexity index is 525. The molecule has 18 heavy (non-hydrogen) atoms. The molecule has 0 radical (unpaired) electrons. The Morgan fingerprint density at radius 2 is 2.17 bits per heavy atom. The second kappa shape index (κ2) is 5.73. The number of aromatic nitrogens is 2. The van der Waals surface area contributed by atoms with Crippen LogP contribution in [0.5, 0.6) is 0 Å². The van der Waals surface area contributed by atoms with E-state index in [-0.39, 0.29) is 11.7 Å². The third-order valence-electron chi connectivity index (χ3n) is 2.71. The van der Waals surface area contributed by atoms with Crippen LogP contribution in [0.4, 0.5) is 4.39 Å². The van der Waals surface area contributed by atoms with Gasteiger partial charge >= 0.3 is 0 Å². The van der Waals surface area contributed by atoms with Crippen LogP contribution in [-0.2, 0) is 6.42 Å². The molecule has 1 aromatic heterocycles. The van der Waals surface area contributed by atoms with Crippen molar-refractivity contribution in [3.8, 4) is 11.5 Å². The summed E-state index contributed by atoms with van der Waals surface area (Å²) in [5.41, 5.74) is 0.935. The summed E-state index contributed by atoms with van der Waals surface area (Å²) in [6.07, 6.45) is 1.61. The molecule has 0 bridgehead atoms. The fraction of sp³-hybridized carbons (Fsp3) is 0.385. The van der Waals surface area contributed by atoms with Gasteiger partial charge in [0.1, 0.15) is 5.82 Å². The number of hydrogen-bond acceptors (Lipinski definition) is 4. The molecule has 0 saturated carbocycles. The molecule has 0 spiro atoms. The Morgan fingerprint density at radius 1 is 1.33 bits per heavy atom. The molecule has 0 unspecified atom stereocenters. The summed E-state index contributed by atoms with van der Waals surface area (Å²) < 4.78 is 19.3. The zero-order valence-corrected chi connectivity index (χ0v) is 10.5. The van der Waals surface area contributed by atoms with Gasteiger partial charge in [-0.3, -0.25) is 0 Å². The summed E-state index contributed by atoms with van der Waals surface area (Å²) in [5, 5.41) is 10.9. The number of benzene rings is 1. The molecule has 0 aliphatic heterocycles. The van der Waals surface area contributed by atoms with Crippen molar-refractivity contribution in [2.75, 3.05) is 13.6 Å². The van der Waals surface area contributed by atoms with Crippen molar-refractivity contribution in [1.82, 2.24) is 15.5 Å². The number of nitrogens with zero attached hydrogens (tertiary/aromatic N) is 2. The number of hydrogen-bond donors (Lipinski definition) is 1. The van der Waals surface area contributed by atoms with E-state index in [9.17, 15) is 4.39 Å². The largest absolute Gasteiger partial charge is 0.421 e. The van der Waals surface area contributed by atoms with E-state index in [0.29, 0.717) is 23.4 Å². The second-order valence-corrected chi connectivity index (χ2v) is 4.14. The lowest BCUT2D eigenvalue weighted by atomic mass is 10.1. The predicted molar refractivity (Wildman–Crippen MR) is 66.7 cm³/mol. The van der Waals surface area contributed by atoms with Gasteiger partial charge in [-0.25, -0.2) is 4.39 Å². The van der Waals surface area contributed by atoms with Crippen molar-refractivity contribution in [2.45, 2.75) is 19.8 Å². The molecular weight excluding hydrogens is 233 g/mol. The maximum atomic E-state index is 13.9. The summed E-state index contributed by atoms with van der Waals surface area (Å²) in [6, 6.07) is 5.13. The monoisotopic (exact) mass is 249 g/mol. The molecule has 0 aliphatic carbocycles. The highest BCUT2D eigenvalue weighted by Gasteiger charge is 2.13. The van der Waals surface area contributed by atoms with E-state index in [1.807, 2.05) is 7.05 Å². The van der Waals surface area contributed by atoms with Crippen LogP contribution in [0.2, 0.25) is 0 Å². The van der Waals surface area contributed by atoms with Crippen LogP contribution in [0, 0.1) is 12.7 Å². The fourth-order valence-electron chi connectivity index (χ4n) is 1.69. The normalized spacial score (nSPS) is 10.8. The van der Waals surface area contributed by atoms with Gasteiger partial charge in [-0.1, -0.05) is 12.1 Å². The van der Waals surface area contributed by atoms with Gasteiger partial charge in [-0.05, 0) is 38.6 Å². The lowest BCUT2D eigenvalue weighted by Crippen LogP contribution is -2.08. The molecule has 96 valence electrons. The highest BCUT2D eigenvalue weighted by atomic mass is 19.1. The highest BCUT2D eigenvalue weighted by Crippen LogP contribution is 2.23. The molecule has 4 nitrogen and oxygen atoms in total. The molecule has 0 aliphatic rings.